The monoisotopic (exact) mass is 453 g/mol. The van der Waals surface area contributed by atoms with Gasteiger partial charge >= 0.3 is 12.1 Å². The Hall–Kier alpha value is -3.42. The van der Waals surface area contributed by atoms with Gasteiger partial charge in [0, 0.05) is 31.4 Å². The lowest BCUT2D eigenvalue weighted by atomic mass is 9.87. The van der Waals surface area contributed by atoms with Gasteiger partial charge in [-0.25, -0.2) is 14.0 Å². The smallest absolute Gasteiger partial charge is 0.410 e. The molecule has 1 unspecified atom stereocenters. The summed E-state index contributed by atoms with van der Waals surface area (Å²) in [6.07, 6.45) is 3.08. The number of aromatic carboxylic acids is 1. The number of rotatable bonds is 3. The molecule has 1 atom stereocenters. The number of carbonyl (C=O) groups is 2. The van der Waals surface area contributed by atoms with Crippen molar-refractivity contribution in [1.82, 2.24) is 14.7 Å². The molecule has 1 N–H and O–H groups in total. The number of fused-ring (bicyclic) bond motifs is 1. The number of nitrogens with zero attached hydrogens (tertiary/aromatic N) is 3. The molecule has 33 heavy (non-hydrogen) atoms. The van der Waals surface area contributed by atoms with E-state index in [-0.39, 0.29) is 17.6 Å². The van der Waals surface area contributed by atoms with Crippen LogP contribution in [0.25, 0.3) is 22.0 Å². The average molecular weight is 454 g/mol. The highest BCUT2D eigenvalue weighted by Crippen LogP contribution is 2.37. The summed E-state index contributed by atoms with van der Waals surface area (Å²) in [4.78, 5) is 26.2. The van der Waals surface area contributed by atoms with Crippen molar-refractivity contribution in [2.75, 3.05) is 13.1 Å². The Bertz CT molecular complexity index is 1230. The topological polar surface area (TPSA) is 84.7 Å². The first kappa shape index (κ1) is 22.8. The maximum absolute atomic E-state index is 13.8. The molecule has 1 aliphatic rings. The Balaban J connectivity index is 1.77. The van der Waals surface area contributed by atoms with Gasteiger partial charge in [0.05, 0.1) is 17.3 Å². The highest BCUT2D eigenvalue weighted by molar-refractivity contribution is 6.03. The number of carbonyl (C=O) groups excluding carboxylic acids is 1. The van der Waals surface area contributed by atoms with Crippen molar-refractivity contribution in [3.05, 3.63) is 53.5 Å². The van der Waals surface area contributed by atoms with Crippen LogP contribution in [0.5, 0.6) is 0 Å². The van der Waals surface area contributed by atoms with Gasteiger partial charge in [0.1, 0.15) is 11.4 Å². The number of likely N-dealkylation sites (tertiary alicyclic amines) is 1. The summed E-state index contributed by atoms with van der Waals surface area (Å²) in [6.45, 7) is 6.67. The molecule has 7 nitrogen and oxygen atoms in total. The molecule has 1 fully saturated rings. The summed E-state index contributed by atoms with van der Waals surface area (Å²) >= 11 is 0. The third kappa shape index (κ3) is 4.69. The zero-order valence-corrected chi connectivity index (χ0v) is 19.3. The Labute approximate surface area is 191 Å². The zero-order valence-electron chi connectivity index (χ0n) is 19.3. The predicted octanol–water partition coefficient (Wildman–Crippen LogP) is 5.19. The summed E-state index contributed by atoms with van der Waals surface area (Å²) in [5, 5.41) is 14.8. The van der Waals surface area contributed by atoms with Crippen LogP contribution in [0.15, 0.2) is 36.5 Å². The van der Waals surface area contributed by atoms with Gasteiger partial charge in [0.25, 0.3) is 0 Å². The van der Waals surface area contributed by atoms with Gasteiger partial charge in [-0.15, -0.1) is 0 Å². The number of hydrogen-bond donors (Lipinski definition) is 1. The highest BCUT2D eigenvalue weighted by Gasteiger charge is 2.29. The second kappa shape index (κ2) is 8.50. The second-order valence-electron chi connectivity index (χ2n) is 9.53. The molecule has 174 valence electrons. The fourth-order valence-corrected chi connectivity index (χ4v) is 4.40. The normalized spacial score (nSPS) is 16.8. The second-order valence-corrected chi connectivity index (χ2v) is 9.53. The standard InChI is InChI=1S/C25H28FN3O4/c1-25(2,3)33-24(32)29-9-5-6-15(14-29)16-10-19(21-13-27-28(4)22(21)11-16)18-8-7-17(26)12-20(18)23(30)31/h7-8,10-13,15H,5-6,9,14H2,1-4H3,(H,30,31). The highest BCUT2D eigenvalue weighted by atomic mass is 19.1. The Kier molecular flexibility index (Phi) is 5.86. The van der Waals surface area contributed by atoms with Crippen LogP contribution in [-0.2, 0) is 11.8 Å². The van der Waals surface area contributed by atoms with Crippen LogP contribution in [0.2, 0.25) is 0 Å². The minimum Gasteiger partial charge on any atom is -0.478 e. The molecule has 0 radical (unpaired) electrons. The van der Waals surface area contributed by atoms with Gasteiger partial charge < -0.3 is 14.7 Å². The summed E-state index contributed by atoms with van der Waals surface area (Å²) in [5.74, 6) is -1.74. The van der Waals surface area contributed by atoms with Crippen molar-refractivity contribution in [2.24, 2.45) is 7.05 Å². The van der Waals surface area contributed by atoms with Crippen LogP contribution >= 0.6 is 0 Å². The van der Waals surface area contributed by atoms with E-state index in [2.05, 4.69) is 5.10 Å². The van der Waals surface area contributed by atoms with E-state index < -0.39 is 17.4 Å². The number of halogens is 1. The SMILES string of the molecule is Cn1ncc2c(-c3ccc(F)cc3C(=O)O)cc(C3CCCN(C(=O)OC(C)(C)C)C3)cc21. The number of ether oxygens (including phenoxy) is 1. The number of carboxylic acids is 1. The lowest BCUT2D eigenvalue weighted by molar-refractivity contribution is 0.0198. The van der Waals surface area contributed by atoms with Crippen LogP contribution < -0.4 is 0 Å². The quantitative estimate of drug-likeness (QED) is 0.590. The molecule has 0 aliphatic carbocycles. The molecule has 1 aliphatic heterocycles. The zero-order chi connectivity index (χ0) is 23.9. The Morgan fingerprint density at radius 1 is 1.18 bits per heavy atom. The molecular formula is C25H28FN3O4. The number of hydrogen-bond acceptors (Lipinski definition) is 4. The van der Waals surface area contributed by atoms with Crippen molar-refractivity contribution in [3.8, 4) is 11.1 Å². The van der Waals surface area contributed by atoms with E-state index in [0.29, 0.717) is 24.2 Å². The summed E-state index contributed by atoms with van der Waals surface area (Å²) < 4.78 is 21.1. The lowest BCUT2D eigenvalue weighted by Gasteiger charge is -2.34. The molecule has 4 rings (SSSR count). The van der Waals surface area contributed by atoms with Gasteiger partial charge in [0.15, 0.2) is 0 Å². The molecule has 2 aromatic carbocycles. The summed E-state index contributed by atoms with van der Waals surface area (Å²) in [5.41, 5.74) is 2.27. The molecule has 1 aromatic heterocycles. The van der Waals surface area contributed by atoms with E-state index in [1.807, 2.05) is 40.0 Å². The van der Waals surface area contributed by atoms with Gasteiger partial charge in [-0.3, -0.25) is 4.68 Å². The van der Waals surface area contributed by atoms with E-state index in [1.165, 1.54) is 12.1 Å². The molecular weight excluding hydrogens is 425 g/mol. The molecule has 2 heterocycles. The van der Waals surface area contributed by atoms with E-state index in [0.717, 1.165) is 35.4 Å². The van der Waals surface area contributed by atoms with E-state index in [9.17, 15) is 19.1 Å². The van der Waals surface area contributed by atoms with Crippen LogP contribution in [-0.4, -0.2) is 50.5 Å². The molecule has 3 aromatic rings. The first-order valence-corrected chi connectivity index (χ1v) is 11.0. The Morgan fingerprint density at radius 3 is 2.64 bits per heavy atom. The van der Waals surface area contributed by atoms with Crippen LogP contribution in [0.1, 0.15) is 55.5 Å². The Morgan fingerprint density at radius 2 is 1.94 bits per heavy atom. The van der Waals surface area contributed by atoms with Gasteiger partial charge in [0.2, 0.25) is 0 Å². The predicted molar refractivity (Wildman–Crippen MR) is 123 cm³/mol. The first-order valence-electron chi connectivity index (χ1n) is 11.0. The van der Waals surface area contributed by atoms with Crippen molar-refractivity contribution in [2.45, 2.75) is 45.1 Å². The minimum atomic E-state index is -1.19. The van der Waals surface area contributed by atoms with Crippen LogP contribution in [0.3, 0.4) is 0 Å². The van der Waals surface area contributed by atoms with Gasteiger partial charge in [-0.1, -0.05) is 6.07 Å². The van der Waals surface area contributed by atoms with Crippen molar-refractivity contribution in [3.63, 3.8) is 0 Å². The third-order valence-electron chi connectivity index (χ3n) is 5.94. The van der Waals surface area contributed by atoms with E-state index >= 15 is 0 Å². The molecule has 8 heteroatoms. The summed E-state index contributed by atoms with van der Waals surface area (Å²) in [7, 11) is 1.83. The van der Waals surface area contributed by atoms with Crippen LogP contribution in [0, 0.1) is 5.82 Å². The maximum atomic E-state index is 13.8. The third-order valence-corrected chi connectivity index (χ3v) is 5.94. The number of aromatic nitrogens is 2. The summed E-state index contributed by atoms with van der Waals surface area (Å²) in [6, 6.07) is 7.79. The maximum Gasteiger partial charge on any atom is 0.410 e. The van der Waals surface area contributed by atoms with Crippen molar-refractivity contribution < 1.29 is 23.8 Å². The van der Waals surface area contributed by atoms with Gasteiger partial charge in [-0.05, 0) is 74.6 Å². The van der Waals surface area contributed by atoms with Crippen molar-refractivity contribution >= 4 is 23.0 Å². The van der Waals surface area contributed by atoms with E-state index in [1.54, 1.807) is 15.8 Å². The molecule has 0 spiro atoms. The fourth-order valence-electron chi connectivity index (χ4n) is 4.40. The number of carboxylic acid groups (broad SMARTS) is 1. The van der Waals surface area contributed by atoms with Crippen LogP contribution in [0.4, 0.5) is 9.18 Å². The van der Waals surface area contributed by atoms with Gasteiger partial charge in [-0.2, -0.15) is 5.10 Å². The largest absolute Gasteiger partial charge is 0.478 e. The van der Waals surface area contributed by atoms with Crippen molar-refractivity contribution in [1.29, 1.82) is 0 Å². The molecule has 1 amide bonds. The fraction of sp³-hybridized carbons (Fsp3) is 0.400. The number of amides is 1. The number of benzene rings is 2. The van der Waals surface area contributed by atoms with E-state index in [4.69, 9.17) is 4.74 Å². The lowest BCUT2D eigenvalue weighted by Crippen LogP contribution is -2.42. The first-order chi connectivity index (χ1) is 15.5. The molecule has 1 saturated heterocycles. The molecule has 0 bridgehead atoms. The number of piperidine rings is 1. The molecule has 0 saturated carbocycles. The average Bonchev–Trinajstić information content (AvgIpc) is 3.13. The number of aryl methyl sites for hydroxylation is 1. The minimum absolute atomic E-state index is 0.0537.